The lowest BCUT2D eigenvalue weighted by molar-refractivity contribution is -0.127. The number of hydrogen-bond donors (Lipinski definition) is 1. The summed E-state index contributed by atoms with van der Waals surface area (Å²) >= 11 is 8.55. The zero-order valence-electron chi connectivity index (χ0n) is 10.1. The van der Waals surface area contributed by atoms with Crippen LogP contribution in [-0.4, -0.2) is 29.1 Å². The fourth-order valence-electron chi connectivity index (χ4n) is 1.80. The summed E-state index contributed by atoms with van der Waals surface area (Å²) in [4.78, 5) is 13.4. The molecule has 0 saturated carbocycles. The molecule has 0 aliphatic carbocycles. The highest BCUT2D eigenvalue weighted by molar-refractivity contribution is 9.10. The average Bonchev–Trinajstić information content (AvgIpc) is 2.56. The van der Waals surface area contributed by atoms with Crippen molar-refractivity contribution in [1.82, 2.24) is 10.2 Å². The first-order chi connectivity index (χ1) is 8.52. The number of carbonyl (C=O) groups is 1. The van der Waals surface area contributed by atoms with Gasteiger partial charge in [0.05, 0.1) is 18.1 Å². The van der Waals surface area contributed by atoms with Crippen LogP contribution >= 0.6 is 28.1 Å². The quantitative estimate of drug-likeness (QED) is 0.862. The van der Waals surface area contributed by atoms with Crippen LogP contribution in [0.25, 0.3) is 0 Å². The number of nitrogens with zero attached hydrogens (tertiary/aromatic N) is 1. The topological polar surface area (TPSA) is 41.6 Å². The lowest BCUT2D eigenvalue weighted by atomic mass is 10.2. The maximum absolute atomic E-state index is 11.9. The van der Waals surface area contributed by atoms with Gasteiger partial charge in [0, 0.05) is 0 Å². The van der Waals surface area contributed by atoms with Gasteiger partial charge in [0.25, 0.3) is 5.91 Å². The van der Waals surface area contributed by atoms with Crippen LogP contribution in [0.5, 0.6) is 5.75 Å². The van der Waals surface area contributed by atoms with Crippen molar-refractivity contribution in [3.63, 3.8) is 0 Å². The van der Waals surface area contributed by atoms with Crippen LogP contribution in [0.2, 0.25) is 0 Å². The van der Waals surface area contributed by atoms with Crippen molar-refractivity contribution < 1.29 is 9.53 Å². The molecule has 4 nitrogen and oxygen atoms in total. The number of ether oxygens (including phenoxy) is 1. The van der Waals surface area contributed by atoms with Gasteiger partial charge in [0.15, 0.2) is 5.11 Å². The molecule has 2 rings (SSSR count). The molecule has 0 aromatic heterocycles. The Labute approximate surface area is 119 Å². The number of rotatable bonds is 3. The van der Waals surface area contributed by atoms with Gasteiger partial charge in [-0.2, -0.15) is 0 Å². The molecule has 1 aromatic rings. The molecule has 18 heavy (non-hydrogen) atoms. The molecule has 0 bridgehead atoms. The molecule has 1 saturated heterocycles. The van der Waals surface area contributed by atoms with Crippen LogP contribution in [-0.2, 0) is 11.3 Å². The van der Waals surface area contributed by atoms with Crippen molar-refractivity contribution in [3.8, 4) is 5.75 Å². The SMILES string of the molecule is COc1ccc(CN2C(=O)[C@H](C)NC2=S)cc1Br. The van der Waals surface area contributed by atoms with Crippen LogP contribution < -0.4 is 10.1 Å². The fourth-order valence-corrected chi connectivity index (χ4v) is 2.72. The first kappa shape index (κ1) is 13.3. The summed E-state index contributed by atoms with van der Waals surface area (Å²) in [7, 11) is 1.62. The second kappa shape index (κ2) is 5.24. The maximum Gasteiger partial charge on any atom is 0.251 e. The summed E-state index contributed by atoms with van der Waals surface area (Å²) in [6.45, 7) is 2.27. The van der Waals surface area contributed by atoms with E-state index < -0.39 is 0 Å². The molecular weight excluding hydrogens is 316 g/mol. The van der Waals surface area contributed by atoms with E-state index in [1.165, 1.54) is 0 Å². The standard InChI is InChI=1S/C12H13BrN2O2S/c1-7-11(16)15(12(18)14-7)6-8-3-4-10(17-2)9(13)5-8/h3-5,7H,6H2,1-2H3,(H,14,18)/t7-/m0/s1. The Morgan fingerprint density at radius 3 is 2.78 bits per heavy atom. The minimum absolute atomic E-state index is 0.00643. The molecule has 0 radical (unpaired) electrons. The van der Waals surface area contributed by atoms with Gasteiger partial charge in [-0.1, -0.05) is 6.07 Å². The van der Waals surface area contributed by atoms with Crippen molar-refractivity contribution in [2.45, 2.75) is 19.5 Å². The van der Waals surface area contributed by atoms with E-state index in [1.807, 2.05) is 18.2 Å². The van der Waals surface area contributed by atoms with Crippen molar-refractivity contribution in [2.24, 2.45) is 0 Å². The highest BCUT2D eigenvalue weighted by Gasteiger charge is 2.31. The number of benzene rings is 1. The molecule has 1 atom stereocenters. The van der Waals surface area contributed by atoms with Gasteiger partial charge in [-0.05, 0) is 52.8 Å². The average molecular weight is 329 g/mol. The monoisotopic (exact) mass is 328 g/mol. The Morgan fingerprint density at radius 1 is 1.56 bits per heavy atom. The van der Waals surface area contributed by atoms with E-state index in [0.29, 0.717) is 11.7 Å². The first-order valence-electron chi connectivity index (χ1n) is 5.47. The third-order valence-corrected chi connectivity index (χ3v) is 3.74. The van der Waals surface area contributed by atoms with Gasteiger partial charge in [0.2, 0.25) is 0 Å². The molecular formula is C12H13BrN2O2S. The molecule has 1 fully saturated rings. The Bertz CT molecular complexity index is 507. The summed E-state index contributed by atoms with van der Waals surface area (Å²) in [6.07, 6.45) is 0. The van der Waals surface area contributed by atoms with E-state index in [-0.39, 0.29) is 11.9 Å². The highest BCUT2D eigenvalue weighted by atomic mass is 79.9. The lowest BCUT2D eigenvalue weighted by Crippen LogP contribution is -2.30. The van der Waals surface area contributed by atoms with Gasteiger partial charge in [-0.25, -0.2) is 0 Å². The smallest absolute Gasteiger partial charge is 0.251 e. The zero-order valence-corrected chi connectivity index (χ0v) is 12.5. The number of thiocarbonyl (C=S) groups is 1. The van der Waals surface area contributed by atoms with E-state index in [1.54, 1.807) is 18.9 Å². The van der Waals surface area contributed by atoms with E-state index in [2.05, 4.69) is 21.2 Å². The molecule has 1 amide bonds. The normalized spacial score (nSPS) is 19.1. The number of carbonyl (C=O) groups excluding carboxylic acids is 1. The third kappa shape index (κ3) is 2.49. The van der Waals surface area contributed by atoms with Crippen LogP contribution in [0, 0.1) is 0 Å². The van der Waals surface area contributed by atoms with Crippen LogP contribution in [0.1, 0.15) is 12.5 Å². The van der Waals surface area contributed by atoms with E-state index in [4.69, 9.17) is 17.0 Å². The number of hydrogen-bond acceptors (Lipinski definition) is 3. The first-order valence-corrected chi connectivity index (χ1v) is 6.67. The number of halogens is 1. The molecule has 1 aliphatic rings. The van der Waals surface area contributed by atoms with Gasteiger partial charge < -0.3 is 10.1 Å². The predicted octanol–water partition coefficient (Wildman–Crippen LogP) is 2.06. The molecule has 0 spiro atoms. The van der Waals surface area contributed by atoms with Crippen LogP contribution in [0.4, 0.5) is 0 Å². The lowest BCUT2D eigenvalue weighted by Gasteiger charge is -2.15. The molecule has 1 aliphatic heterocycles. The molecule has 96 valence electrons. The second-order valence-electron chi connectivity index (χ2n) is 4.06. The number of methoxy groups -OCH3 is 1. The molecule has 0 unspecified atom stereocenters. The summed E-state index contributed by atoms with van der Waals surface area (Å²) in [5.41, 5.74) is 0.995. The second-order valence-corrected chi connectivity index (χ2v) is 5.31. The molecule has 1 heterocycles. The van der Waals surface area contributed by atoms with Gasteiger partial charge in [-0.15, -0.1) is 0 Å². The van der Waals surface area contributed by atoms with Gasteiger partial charge in [-0.3, -0.25) is 9.69 Å². The van der Waals surface area contributed by atoms with Crippen molar-refractivity contribution in [3.05, 3.63) is 28.2 Å². The highest BCUT2D eigenvalue weighted by Crippen LogP contribution is 2.26. The Balaban J connectivity index is 2.17. The summed E-state index contributed by atoms with van der Waals surface area (Å²) < 4.78 is 6.03. The van der Waals surface area contributed by atoms with Gasteiger partial charge >= 0.3 is 0 Å². The molecule has 1 N–H and O–H groups in total. The summed E-state index contributed by atoms with van der Waals surface area (Å²) in [5, 5.41) is 3.43. The minimum Gasteiger partial charge on any atom is -0.496 e. The minimum atomic E-state index is -0.237. The Morgan fingerprint density at radius 2 is 2.28 bits per heavy atom. The van der Waals surface area contributed by atoms with Crippen molar-refractivity contribution in [1.29, 1.82) is 0 Å². The largest absolute Gasteiger partial charge is 0.496 e. The van der Waals surface area contributed by atoms with Crippen molar-refractivity contribution in [2.75, 3.05) is 7.11 Å². The van der Waals surface area contributed by atoms with E-state index in [9.17, 15) is 4.79 Å². The zero-order chi connectivity index (χ0) is 13.3. The summed E-state index contributed by atoms with van der Waals surface area (Å²) in [5.74, 6) is 0.771. The van der Waals surface area contributed by atoms with E-state index in [0.717, 1.165) is 15.8 Å². The van der Waals surface area contributed by atoms with Crippen LogP contribution in [0.15, 0.2) is 22.7 Å². The van der Waals surface area contributed by atoms with Crippen LogP contribution in [0.3, 0.4) is 0 Å². The maximum atomic E-state index is 11.9. The number of nitrogens with one attached hydrogen (secondary N) is 1. The Hall–Kier alpha value is -1.14. The summed E-state index contributed by atoms with van der Waals surface area (Å²) in [6, 6.07) is 5.47. The fraction of sp³-hybridized carbons (Fsp3) is 0.333. The van der Waals surface area contributed by atoms with Gasteiger partial charge in [0.1, 0.15) is 11.8 Å². The van der Waals surface area contributed by atoms with Crippen molar-refractivity contribution >= 4 is 39.2 Å². The third-order valence-electron chi connectivity index (χ3n) is 2.78. The molecule has 6 heteroatoms. The molecule has 1 aromatic carbocycles. The predicted molar refractivity (Wildman–Crippen MR) is 76.4 cm³/mol. The number of amides is 1. The Kier molecular flexibility index (Phi) is 3.87. The van der Waals surface area contributed by atoms with E-state index >= 15 is 0 Å².